The fourth-order valence-corrected chi connectivity index (χ4v) is 1.27. The van der Waals surface area contributed by atoms with Crippen LogP contribution < -0.4 is 5.32 Å². The van der Waals surface area contributed by atoms with E-state index in [0.29, 0.717) is 5.92 Å². The molecule has 0 saturated heterocycles. The van der Waals surface area contributed by atoms with Crippen LogP contribution in [0.2, 0.25) is 0 Å². The lowest BCUT2D eigenvalue weighted by Gasteiger charge is -2.21. The van der Waals surface area contributed by atoms with E-state index < -0.39 is 5.54 Å². The molecule has 0 radical (unpaired) electrons. The molecule has 0 spiro atoms. The smallest absolute Gasteiger partial charge is 0.236 e. The summed E-state index contributed by atoms with van der Waals surface area (Å²) in [6.07, 6.45) is 2.04. The third kappa shape index (κ3) is 1.89. The molecule has 0 heterocycles. The highest BCUT2D eigenvalue weighted by atomic mass is 35.5. The molecule has 1 N–H and O–H groups in total. The van der Waals surface area contributed by atoms with Gasteiger partial charge in [-0.15, -0.1) is 11.6 Å². The van der Waals surface area contributed by atoms with Gasteiger partial charge in [0.25, 0.3) is 0 Å². The molecule has 0 bridgehead atoms. The van der Waals surface area contributed by atoms with Crippen LogP contribution in [-0.2, 0) is 4.79 Å². The van der Waals surface area contributed by atoms with E-state index in [4.69, 9.17) is 16.9 Å². The molecule has 1 amide bonds. The van der Waals surface area contributed by atoms with Crippen LogP contribution in [0.3, 0.4) is 0 Å². The van der Waals surface area contributed by atoms with Crippen LogP contribution >= 0.6 is 11.6 Å². The van der Waals surface area contributed by atoms with Gasteiger partial charge in [0.2, 0.25) is 5.91 Å². The zero-order valence-electron chi connectivity index (χ0n) is 6.93. The molecule has 3 nitrogen and oxygen atoms in total. The Hall–Kier alpha value is -0.750. The Bertz CT molecular complexity index is 232. The van der Waals surface area contributed by atoms with Crippen molar-refractivity contribution < 1.29 is 4.79 Å². The highest BCUT2D eigenvalue weighted by Crippen LogP contribution is 2.39. The molecule has 1 aliphatic carbocycles. The van der Waals surface area contributed by atoms with Crippen LogP contribution in [-0.4, -0.2) is 17.3 Å². The SMILES string of the molecule is C[C@](C#N)(NC(=O)CCl)C1CC1. The second-order valence-electron chi connectivity index (χ2n) is 3.27. The van der Waals surface area contributed by atoms with Crippen LogP contribution in [0.5, 0.6) is 0 Å². The van der Waals surface area contributed by atoms with E-state index in [-0.39, 0.29) is 11.8 Å². The molecular formula is C8H11ClN2O. The monoisotopic (exact) mass is 186 g/mol. The summed E-state index contributed by atoms with van der Waals surface area (Å²) in [5, 5.41) is 11.5. The van der Waals surface area contributed by atoms with Crippen LogP contribution in [0.15, 0.2) is 0 Å². The van der Waals surface area contributed by atoms with Crippen LogP contribution in [0.1, 0.15) is 19.8 Å². The molecule has 1 aliphatic rings. The topological polar surface area (TPSA) is 52.9 Å². The van der Waals surface area contributed by atoms with E-state index in [2.05, 4.69) is 11.4 Å². The van der Waals surface area contributed by atoms with Crippen molar-refractivity contribution in [1.29, 1.82) is 5.26 Å². The van der Waals surface area contributed by atoms with E-state index in [9.17, 15) is 4.79 Å². The molecular weight excluding hydrogens is 176 g/mol. The van der Waals surface area contributed by atoms with Crippen molar-refractivity contribution in [2.24, 2.45) is 5.92 Å². The van der Waals surface area contributed by atoms with Crippen LogP contribution in [0, 0.1) is 17.2 Å². The van der Waals surface area contributed by atoms with Crippen LogP contribution in [0.4, 0.5) is 0 Å². The van der Waals surface area contributed by atoms with Crippen LogP contribution in [0.25, 0.3) is 0 Å². The molecule has 0 aromatic carbocycles. The molecule has 0 aromatic heterocycles. The zero-order valence-corrected chi connectivity index (χ0v) is 7.69. The zero-order chi connectivity index (χ0) is 9.19. The molecule has 0 unspecified atom stereocenters. The lowest BCUT2D eigenvalue weighted by Crippen LogP contribution is -2.47. The van der Waals surface area contributed by atoms with Crippen molar-refractivity contribution in [1.82, 2.24) is 5.32 Å². The quantitative estimate of drug-likeness (QED) is 0.670. The standard InChI is InChI=1S/C8H11ClN2O/c1-8(5-10,6-2-3-6)11-7(12)4-9/h6H,2-4H2,1H3,(H,11,12)/t8-/m1/s1. The highest BCUT2D eigenvalue weighted by Gasteiger charge is 2.42. The molecule has 0 aromatic rings. The number of nitrogens with zero attached hydrogens (tertiary/aromatic N) is 1. The molecule has 66 valence electrons. The van der Waals surface area contributed by atoms with Crippen molar-refractivity contribution in [3.05, 3.63) is 0 Å². The largest absolute Gasteiger partial charge is 0.337 e. The number of carbonyl (C=O) groups is 1. The molecule has 1 fully saturated rings. The fraction of sp³-hybridized carbons (Fsp3) is 0.750. The number of amides is 1. The number of halogens is 1. The lowest BCUT2D eigenvalue weighted by molar-refractivity contribution is -0.120. The number of hydrogen-bond donors (Lipinski definition) is 1. The van der Waals surface area contributed by atoms with Crippen molar-refractivity contribution in [3.8, 4) is 6.07 Å². The minimum absolute atomic E-state index is 0.0794. The van der Waals surface area contributed by atoms with E-state index >= 15 is 0 Å². The summed E-state index contributed by atoms with van der Waals surface area (Å²) in [4.78, 5) is 10.9. The van der Waals surface area contributed by atoms with Gasteiger partial charge in [-0.05, 0) is 25.7 Å². The predicted octanol–water partition coefficient (Wildman–Crippen LogP) is 1.03. The average molecular weight is 187 g/mol. The van der Waals surface area contributed by atoms with Crippen molar-refractivity contribution in [2.75, 3.05) is 5.88 Å². The van der Waals surface area contributed by atoms with Gasteiger partial charge in [-0.3, -0.25) is 4.79 Å². The summed E-state index contributed by atoms with van der Waals surface area (Å²) in [5.74, 6) is -0.0356. The Morgan fingerprint density at radius 2 is 2.42 bits per heavy atom. The summed E-state index contributed by atoms with van der Waals surface area (Å²) in [6.45, 7) is 1.75. The molecule has 1 saturated carbocycles. The molecule has 1 atom stereocenters. The molecule has 4 heteroatoms. The maximum atomic E-state index is 10.9. The summed E-state index contributed by atoms with van der Waals surface area (Å²) < 4.78 is 0. The van der Waals surface area contributed by atoms with Gasteiger partial charge in [0.15, 0.2) is 0 Å². The van der Waals surface area contributed by atoms with Gasteiger partial charge >= 0.3 is 0 Å². The van der Waals surface area contributed by atoms with E-state index in [1.54, 1.807) is 6.92 Å². The van der Waals surface area contributed by atoms with Gasteiger partial charge in [-0.25, -0.2) is 0 Å². The van der Waals surface area contributed by atoms with Gasteiger partial charge in [0.1, 0.15) is 11.4 Å². The van der Waals surface area contributed by atoms with Gasteiger partial charge in [0, 0.05) is 0 Å². The second kappa shape index (κ2) is 3.32. The Labute approximate surface area is 76.7 Å². The summed E-state index contributed by atoms with van der Waals surface area (Å²) in [5.41, 5.74) is -0.702. The van der Waals surface area contributed by atoms with Gasteiger partial charge in [-0.1, -0.05) is 0 Å². The second-order valence-corrected chi connectivity index (χ2v) is 3.54. The Balaban J connectivity index is 2.56. The summed E-state index contributed by atoms with van der Waals surface area (Å²) in [6, 6.07) is 2.12. The maximum absolute atomic E-state index is 10.9. The minimum Gasteiger partial charge on any atom is -0.337 e. The van der Waals surface area contributed by atoms with E-state index in [1.807, 2.05) is 0 Å². The van der Waals surface area contributed by atoms with Gasteiger partial charge in [0.05, 0.1) is 6.07 Å². The Morgan fingerprint density at radius 1 is 1.83 bits per heavy atom. The lowest BCUT2D eigenvalue weighted by atomic mass is 9.98. The van der Waals surface area contributed by atoms with Crippen molar-refractivity contribution in [2.45, 2.75) is 25.3 Å². The minimum atomic E-state index is -0.702. The van der Waals surface area contributed by atoms with Gasteiger partial charge in [-0.2, -0.15) is 5.26 Å². The number of rotatable bonds is 3. The number of carbonyl (C=O) groups excluding carboxylic acids is 1. The first-order chi connectivity index (χ1) is 5.62. The Morgan fingerprint density at radius 3 is 2.75 bits per heavy atom. The Kier molecular flexibility index (Phi) is 2.58. The molecule has 12 heavy (non-hydrogen) atoms. The number of hydrogen-bond acceptors (Lipinski definition) is 2. The first kappa shape index (κ1) is 9.34. The highest BCUT2D eigenvalue weighted by molar-refractivity contribution is 6.27. The van der Waals surface area contributed by atoms with Crippen molar-refractivity contribution >= 4 is 17.5 Å². The third-order valence-corrected chi connectivity index (χ3v) is 2.39. The van der Waals surface area contributed by atoms with Crippen molar-refractivity contribution in [3.63, 3.8) is 0 Å². The summed E-state index contributed by atoms with van der Waals surface area (Å²) >= 11 is 5.32. The van der Waals surface area contributed by atoms with Gasteiger partial charge < -0.3 is 5.32 Å². The normalized spacial score (nSPS) is 20.8. The third-order valence-electron chi connectivity index (χ3n) is 2.15. The number of nitriles is 1. The molecule has 1 rings (SSSR count). The number of alkyl halides is 1. The van der Waals surface area contributed by atoms with E-state index in [1.165, 1.54) is 0 Å². The summed E-state index contributed by atoms with van der Waals surface area (Å²) in [7, 11) is 0. The number of nitrogens with one attached hydrogen (secondary N) is 1. The molecule has 0 aliphatic heterocycles. The maximum Gasteiger partial charge on any atom is 0.236 e. The average Bonchev–Trinajstić information content (AvgIpc) is 2.86. The predicted molar refractivity (Wildman–Crippen MR) is 45.6 cm³/mol. The first-order valence-corrected chi connectivity index (χ1v) is 4.44. The fourth-order valence-electron chi connectivity index (χ4n) is 1.21. The first-order valence-electron chi connectivity index (χ1n) is 3.90. The van der Waals surface area contributed by atoms with E-state index in [0.717, 1.165) is 12.8 Å².